The molecule has 8 heterocycles. The zero-order valence-electron chi connectivity index (χ0n) is 31.6. The average Bonchev–Trinajstić information content (AvgIpc) is 3.25. The smallest absolute Gasteiger partial charge is 0.410 e. The van der Waals surface area contributed by atoms with E-state index in [0.29, 0.717) is 24.4 Å². The summed E-state index contributed by atoms with van der Waals surface area (Å²) in [5, 5.41) is 3.59. The summed E-state index contributed by atoms with van der Waals surface area (Å²) < 4.78 is 11.1. The predicted octanol–water partition coefficient (Wildman–Crippen LogP) is 8.24. The summed E-state index contributed by atoms with van der Waals surface area (Å²) in [6.07, 6.45) is 6.58. The van der Waals surface area contributed by atoms with E-state index in [2.05, 4.69) is 106 Å². The summed E-state index contributed by atoms with van der Waals surface area (Å²) in [4.78, 5) is 30.4. The SMILES string of the molecule is O=C(Cl)O[C@H]1CN2CCC1CC2.O=C(O[C@H]1CN2CCC1CC2)N1CCc2ccccc2[C@@H]1c1ccccc1.c1ccc([C@@H]2NCCc3ccccc32)cc1. The molecule has 4 bridgehead atoms. The molecule has 1 N–H and O–H groups in total. The summed E-state index contributed by atoms with van der Waals surface area (Å²) in [6.45, 7) is 8.17. The minimum absolute atomic E-state index is 0.0496. The first-order chi connectivity index (χ1) is 27.0. The normalized spacial score (nSPS) is 28.6. The third-order valence-electron chi connectivity index (χ3n) is 12.6. The zero-order chi connectivity index (χ0) is 37.6. The Labute approximate surface area is 330 Å². The summed E-state index contributed by atoms with van der Waals surface area (Å²) in [6, 6.07) is 38.5. The van der Waals surface area contributed by atoms with E-state index in [1.807, 2.05) is 23.1 Å². The van der Waals surface area contributed by atoms with Crippen LogP contribution in [0.2, 0.25) is 0 Å². The van der Waals surface area contributed by atoms with Gasteiger partial charge in [0.2, 0.25) is 0 Å². The number of nitrogens with zero attached hydrogens (tertiary/aromatic N) is 3. The van der Waals surface area contributed by atoms with Gasteiger partial charge in [0.05, 0.1) is 12.1 Å². The first-order valence-corrected chi connectivity index (χ1v) is 20.6. The summed E-state index contributed by atoms with van der Waals surface area (Å²) >= 11 is 5.17. The molecule has 4 aromatic carbocycles. The molecule has 9 heteroatoms. The van der Waals surface area contributed by atoms with E-state index in [9.17, 15) is 9.59 Å². The molecule has 8 aliphatic rings. The van der Waals surface area contributed by atoms with Gasteiger partial charge in [-0.25, -0.2) is 9.59 Å². The Hall–Kier alpha value is -4.21. The van der Waals surface area contributed by atoms with E-state index < -0.39 is 5.43 Å². The maximum absolute atomic E-state index is 13.2. The molecule has 288 valence electrons. The molecule has 8 aliphatic heterocycles. The number of carbonyl (C=O) groups is 2. The Morgan fingerprint density at radius 2 is 1.09 bits per heavy atom. The lowest BCUT2D eigenvalue weighted by Crippen LogP contribution is -2.53. The monoisotopic (exact) mass is 760 g/mol. The van der Waals surface area contributed by atoms with Gasteiger partial charge in [-0.15, -0.1) is 0 Å². The number of hydrogen-bond donors (Lipinski definition) is 1. The van der Waals surface area contributed by atoms with Crippen LogP contribution >= 0.6 is 11.6 Å². The zero-order valence-corrected chi connectivity index (χ0v) is 32.4. The number of halogens is 1. The fourth-order valence-electron chi connectivity index (χ4n) is 9.61. The lowest BCUT2D eigenvalue weighted by molar-refractivity contribution is -0.0462. The first-order valence-electron chi connectivity index (χ1n) is 20.3. The van der Waals surface area contributed by atoms with Crippen molar-refractivity contribution < 1.29 is 19.1 Å². The highest BCUT2D eigenvalue weighted by atomic mass is 35.5. The molecule has 4 atom stereocenters. The summed E-state index contributed by atoms with van der Waals surface area (Å²) in [7, 11) is 0. The number of ether oxygens (including phenoxy) is 2. The number of hydrogen-bond acceptors (Lipinski definition) is 7. The van der Waals surface area contributed by atoms with Gasteiger partial charge in [-0.2, -0.15) is 0 Å². The van der Waals surface area contributed by atoms with Crippen molar-refractivity contribution in [2.24, 2.45) is 11.8 Å². The van der Waals surface area contributed by atoms with E-state index in [1.54, 1.807) is 0 Å². The molecule has 0 aromatic heterocycles. The number of fused-ring (bicyclic) bond motifs is 8. The van der Waals surface area contributed by atoms with Crippen LogP contribution in [-0.4, -0.2) is 90.8 Å². The minimum Gasteiger partial charge on any atom is -0.449 e. The van der Waals surface area contributed by atoms with Crippen LogP contribution in [0.25, 0.3) is 0 Å². The molecule has 0 radical (unpaired) electrons. The molecule has 55 heavy (non-hydrogen) atoms. The lowest BCUT2D eigenvalue weighted by Gasteiger charge is -2.45. The van der Waals surface area contributed by atoms with Crippen molar-refractivity contribution in [2.75, 3.05) is 52.4 Å². The molecule has 0 unspecified atom stereocenters. The third-order valence-corrected chi connectivity index (χ3v) is 12.7. The van der Waals surface area contributed by atoms with Crippen molar-refractivity contribution in [1.29, 1.82) is 0 Å². The van der Waals surface area contributed by atoms with E-state index >= 15 is 0 Å². The lowest BCUT2D eigenvalue weighted by atomic mass is 9.86. The van der Waals surface area contributed by atoms with E-state index in [-0.39, 0.29) is 24.3 Å². The van der Waals surface area contributed by atoms with Crippen molar-refractivity contribution in [3.63, 3.8) is 0 Å². The molecular weight excluding hydrogens is 708 g/mol. The molecule has 0 spiro atoms. The number of benzene rings is 4. The maximum Gasteiger partial charge on any atom is 0.410 e. The molecule has 12 rings (SSSR count). The summed E-state index contributed by atoms with van der Waals surface area (Å²) in [5.74, 6) is 1.09. The second-order valence-corrected chi connectivity index (χ2v) is 16.1. The second-order valence-electron chi connectivity index (χ2n) is 15.8. The molecule has 8 nitrogen and oxygen atoms in total. The van der Waals surface area contributed by atoms with Gasteiger partial charge in [0.15, 0.2) is 0 Å². The van der Waals surface area contributed by atoms with Gasteiger partial charge < -0.3 is 14.8 Å². The van der Waals surface area contributed by atoms with Crippen LogP contribution in [0.4, 0.5) is 9.59 Å². The van der Waals surface area contributed by atoms with E-state index in [1.165, 1.54) is 27.8 Å². The maximum atomic E-state index is 13.2. The third kappa shape index (κ3) is 8.94. The van der Waals surface area contributed by atoms with Gasteiger partial charge in [-0.1, -0.05) is 109 Å². The Morgan fingerprint density at radius 1 is 0.582 bits per heavy atom. The van der Waals surface area contributed by atoms with Gasteiger partial charge in [0.1, 0.15) is 12.2 Å². The van der Waals surface area contributed by atoms with Gasteiger partial charge in [-0.05, 0) is 110 Å². The number of nitrogens with one attached hydrogen (secondary N) is 1. The number of rotatable bonds is 4. The number of amides is 1. The minimum atomic E-state index is -0.659. The Morgan fingerprint density at radius 3 is 1.65 bits per heavy atom. The van der Waals surface area contributed by atoms with Crippen LogP contribution in [0.5, 0.6) is 0 Å². The van der Waals surface area contributed by atoms with Gasteiger partial charge in [0.25, 0.3) is 0 Å². The van der Waals surface area contributed by atoms with Crippen molar-refractivity contribution in [1.82, 2.24) is 20.0 Å². The van der Waals surface area contributed by atoms with E-state index in [0.717, 1.165) is 89.9 Å². The molecule has 6 saturated heterocycles. The summed E-state index contributed by atoms with van der Waals surface area (Å²) in [5.41, 5.74) is 7.31. The Bertz CT molecular complexity index is 1880. The van der Waals surface area contributed by atoms with Crippen LogP contribution in [0, 0.1) is 11.8 Å². The van der Waals surface area contributed by atoms with Crippen LogP contribution in [-0.2, 0) is 22.3 Å². The highest BCUT2D eigenvalue weighted by Crippen LogP contribution is 2.37. The Balaban J connectivity index is 0.000000129. The van der Waals surface area contributed by atoms with Gasteiger partial charge in [0, 0.05) is 37.8 Å². The second kappa shape index (κ2) is 17.7. The number of carbonyl (C=O) groups excluding carboxylic acids is 2. The molecule has 6 fully saturated rings. The van der Waals surface area contributed by atoms with Crippen molar-refractivity contribution >= 4 is 23.1 Å². The predicted molar refractivity (Wildman–Crippen MR) is 216 cm³/mol. The topological polar surface area (TPSA) is 74.4 Å². The van der Waals surface area contributed by atoms with E-state index in [4.69, 9.17) is 21.1 Å². The van der Waals surface area contributed by atoms with Crippen LogP contribution in [0.1, 0.15) is 71.1 Å². The average molecular weight is 761 g/mol. The molecule has 4 aromatic rings. The van der Waals surface area contributed by atoms with Crippen molar-refractivity contribution in [3.8, 4) is 0 Å². The molecule has 0 aliphatic carbocycles. The largest absolute Gasteiger partial charge is 0.449 e. The molecular formula is C46H53ClN4O4. The van der Waals surface area contributed by atoms with Gasteiger partial charge in [-0.3, -0.25) is 14.7 Å². The van der Waals surface area contributed by atoms with Crippen molar-refractivity contribution in [2.45, 2.75) is 62.8 Å². The highest BCUT2D eigenvalue weighted by molar-refractivity contribution is 6.61. The van der Waals surface area contributed by atoms with Crippen LogP contribution in [0.15, 0.2) is 109 Å². The van der Waals surface area contributed by atoms with Crippen molar-refractivity contribution in [3.05, 3.63) is 143 Å². The Kier molecular flexibility index (Phi) is 12.1. The molecule has 1 amide bonds. The quantitative estimate of drug-likeness (QED) is 0.210. The van der Waals surface area contributed by atoms with Crippen LogP contribution in [0.3, 0.4) is 0 Å². The highest BCUT2D eigenvalue weighted by Gasteiger charge is 2.40. The fraction of sp³-hybridized carbons (Fsp3) is 0.435. The molecule has 0 saturated carbocycles. The number of piperidine rings is 6. The standard InChI is InChI=1S/C23H26N2O2.C15H15N.C8H12ClNO2/c26-23(27-21-16-24-13-10-18(21)11-14-24)25-15-12-17-6-4-5-9-20(17)22(25)19-7-2-1-3-8-19;1-2-7-13(8-3-1)15-14-9-5-4-6-12(14)10-11-16-15;9-8(11)12-7-5-10-3-1-6(7)2-4-10/h1-9,18,21-22H,10-16H2;1-9,15-16H,10-11H2;6-7H,1-5H2/t21-,22-;15-;7-/m000/s1. The van der Waals surface area contributed by atoms with Crippen LogP contribution < -0.4 is 5.32 Å². The first kappa shape index (κ1) is 37.7. The van der Waals surface area contributed by atoms with Gasteiger partial charge >= 0.3 is 11.5 Å². The fourth-order valence-corrected chi connectivity index (χ4v) is 9.72.